The maximum Gasteiger partial charge on any atom is 0.127 e. The number of nitrogens with zero attached hydrogens (tertiary/aromatic N) is 2. The van der Waals surface area contributed by atoms with Crippen molar-refractivity contribution in [1.29, 1.82) is 0 Å². The molecule has 1 aromatic carbocycles. The minimum atomic E-state index is -0.326. The van der Waals surface area contributed by atoms with Crippen LogP contribution in [0.4, 0.5) is 0 Å². The minimum absolute atomic E-state index is 0.326. The number of hydrogen-bond acceptors (Lipinski definition) is 4. The second kappa shape index (κ2) is 6.28. The van der Waals surface area contributed by atoms with Crippen LogP contribution in [0, 0.1) is 0 Å². The van der Waals surface area contributed by atoms with Gasteiger partial charge in [0.05, 0.1) is 36.6 Å². The molecule has 0 aliphatic rings. The lowest BCUT2D eigenvalue weighted by Crippen LogP contribution is -2.18. The van der Waals surface area contributed by atoms with E-state index in [0.717, 1.165) is 28.0 Å². The predicted octanol–water partition coefficient (Wildman–Crippen LogP) is 2.73. The molecule has 2 N–H and O–H groups in total. The molecule has 0 saturated heterocycles. The van der Waals surface area contributed by atoms with Crippen molar-refractivity contribution in [1.82, 2.24) is 9.78 Å². The van der Waals surface area contributed by atoms with Gasteiger partial charge in [0.15, 0.2) is 0 Å². The molecule has 6 heteroatoms. The van der Waals surface area contributed by atoms with Gasteiger partial charge in [0.1, 0.15) is 11.5 Å². The average Bonchev–Trinajstić information content (AvgIpc) is 2.86. The van der Waals surface area contributed by atoms with E-state index < -0.39 is 0 Å². The van der Waals surface area contributed by atoms with Crippen molar-refractivity contribution in [3.63, 3.8) is 0 Å². The Labute approximate surface area is 126 Å². The van der Waals surface area contributed by atoms with Gasteiger partial charge in [-0.2, -0.15) is 5.10 Å². The van der Waals surface area contributed by atoms with Crippen LogP contribution in [0.1, 0.15) is 24.2 Å². The Morgan fingerprint density at radius 3 is 2.70 bits per heavy atom. The zero-order valence-corrected chi connectivity index (χ0v) is 13.3. The molecule has 0 aliphatic heterocycles. The number of hydrogen-bond donors (Lipinski definition) is 1. The number of nitrogens with two attached hydrogens (primary N) is 1. The quantitative estimate of drug-likeness (QED) is 0.909. The molecule has 0 radical (unpaired) electrons. The largest absolute Gasteiger partial charge is 0.497 e. The van der Waals surface area contributed by atoms with E-state index in [1.54, 1.807) is 20.4 Å². The molecule has 5 nitrogen and oxygen atoms in total. The van der Waals surface area contributed by atoms with Crippen molar-refractivity contribution in [3.8, 4) is 11.5 Å². The molecule has 20 heavy (non-hydrogen) atoms. The van der Waals surface area contributed by atoms with Crippen LogP contribution in [0.3, 0.4) is 0 Å². The Hall–Kier alpha value is -1.53. The van der Waals surface area contributed by atoms with Crippen LogP contribution in [-0.4, -0.2) is 24.0 Å². The molecule has 2 aromatic rings. The second-order valence-corrected chi connectivity index (χ2v) is 5.13. The first kappa shape index (κ1) is 14.9. The van der Waals surface area contributed by atoms with E-state index in [-0.39, 0.29) is 6.04 Å². The highest BCUT2D eigenvalue weighted by atomic mass is 79.9. The van der Waals surface area contributed by atoms with Crippen LogP contribution in [-0.2, 0) is 6.54 Å². The van der Waals surface area contributed by atoms with E-state index in [1.165, 1.54) is 0 Å². The number of rotatable bonds is 5. The third-order valence-electron chi connectivity index (χ3n) is 3.20. The summed E-state index contributed by atoms with van der Waals surface area (Å²) < 4.78 is 13.4. The average molecular weight is 340 g/mol. The molecule has 0 fully saturated rings. The van der Waals surface area contributed by atoms with Crippen molar-refractivity contribution in [2.75, 3.05) is 14.2 Å². The van der Waals surface area contributed by atoms with Crippen LogP contribution >= 0.6 is 15.9 Å². The summed E-state index contributed by atoms with van der Waals surface area (Å²) in [4.78, 5) is 0. The van der Waals surface area contributed by atoms with Crippen LogP contribution in [0.25, 0.3) is 0 Å². The smallest absolute Gasteiger partial charge is 0.127 e. The summed E-state index contributed by atoms with van der Waals surface area (Å²) in [6, 6.07) is 5.29. The van der Waals surface area contributed by atoms with Crippen molar-refractivity contribution < 1.29 is 9.47 Å². The molecule has 0 spiro atoms. The first-order chi connectivity index (χ1) is 9.62. The highest BCUT2D eigenvalue weighted by Crippen LogP contribution is 2.34. The fraction of sp³-hybridized carbons (Fsp3) is 0.357. The zero-order chi connectivity index (χ0) is 14.7. The summed E-state index contributed by atoms with van der Waals surface area (Å²) in [6.07, 6.45) is 1.76. The molecule has 0 aliphatic carbocycles. The summed E-state index contributed by atoms with van der Waals surface area (Å²) in [5, 5.41) is 4.29. The SMILES string of the molecule is CCn1ncc(Br)c1C(N)c1ccc(OC)cc1OC. The Morgan fingerprint density at radius 2 is 2.10 bits per heavy atom. The summed E-state index contributed by atoms with van der Waals surface area (Å²) in [5.41, 5.74) is 8.21. The van der Waals surface area contributed by atoms with Gasteiger partial charge in [0.2, 0.25) is 0 Å². The summed E-state index contributed by atoms with van der Waals surface area (Å²) in [6.45, 7) is 2.79. The van der Waals surface area contributed by atoms with Gasteiger partial charge in [0, 0.05) is 18.2 Å². The molecule has 0 saturated carbocycles. The summed E-state index contributed by atoms with van der Waals surface area (Å²) in [7, 11) is 3.24. The van der Waals surface area contributed by atoms with E-state index in [9.17, 15) is 0 Å². The Bertz CT molecular complexity index is 598. The summed E-state index contributed by atoms with van der Waals surface area (Å²) in [5.74, 6) is 1.44. The number of halogens is 1. The van der Waals surface area contributed by atoms with E-state index in [4.69, 9.17) is 15.2 Å². The van der Waals surface area contributed by atoms with Gasteiger partial charge in [-0.3, -0.25) is 4.68 Å². The normalized spacial score (nSPS) is 12.2. The van der Waals surface area contributed by atoms with E-state index in [2.05, 4.69) is 21.0 Å². The van der Waals surface area contributed by atoms with Gasteiger partial charge < -0.3 is 15.2 Å². The van der Waals surface area contributed by atoms with E-state index in [1.807, 2.05) is 29.8 Å². The number of aromatic nitrogens is 2. The molecule has 0 amide bonds. The third-order valence-corrected chi connectivity index (χ3v) is 3.81. The van der Waals surface area contributed by atoms with Crippen LogP contribution in [0.15, 0.2) is 28.9 Å². The molecule has 0 bridgehead atoms. The first-order valence-electron chi connectivity index (χ1n) is 6.31. The van der Waals surface area contributed by atoms with E-state index >= 15 is 0 Å². The highest BCUT2D eigenvalue weighted by Gasteiger charge is 2.21. The van der Waals surface area contributed by atoms with E-state index in [0.29, 0.717) is 5.75 Å². The van der Waals surface area contributed by atoms with Crippen molar-refractivity contribution in [2.24, 2.45) is 5.73 Å². The molecule has 1 aromatic heterocycles. The lowest BCUT2D eigenvalue weighted by Gasteiger charge is -2.18. The Balaban J connectivity index is 2.47. The lowest BCUT2D eigenvalue weighted by atomic mass is 10.0. The van der Waals surface area contributed by atoms with Gasteiger partial charge in [-0.05, 0) is 35.0 Å². The molecule has 1 heterocycles. The van der Waals surface area contributed by atoms with Crippen molar-refractivity contribution >= 4 is 15.9 Å². The van der Waals surface area contributed by atoms with Gasteiger partial charge in [-0.25, -0.2) is 0 Å². The monoisotopic (exact) mass is 339 g/mol. The highest BCUT2D eigenvalue weighted by molar-refractivity contribution is 9.10. The molecular weight excluding hydrogens is 322 g/mol. The van der Waals surface area contributed by atoms with Gasteiger partial charge in [-0.1, -0.05) is 0 Å². The van der Waals surface area contributed by atoms with Crippen molar-refractivity contribution in [3.05, 3.63) is 40.1 Å². The first-order valence-corrected chi connectivity index (χ1v) is 7.10. The fourth-order valence-corrected chi connectivity index (χ4v) is 2.70. The Morgan fingerprint density at radius 1 is 1.35 bits per heavy atom. The van der Waals surface area contributed by atoms with Gasteiger partial charge in [0.25, 0.3) is 0 Å². The minimum Gasteiger partial charge on any atom is -0.497 e. The summed E-state index contributed by atoms with van der Waals surface area (Å²) >= 11 is 3.50. The number of ether oxygens (including phenoxy) is 2. The molecule has 1 unspecified atom stereocenters. The Kier molecular flexibility index (Phi) is 4.67. The lowest BCUT2D eigenvalue weighted by molar-refractivity contribution is 0.389. The molecule has 108 valence electrons. The second-order valence-electron chi connectivity index (χ2n) is 4.28. The van der Waals surface area contributed by atoms with Gasteiger partial charge >= 0.3 is 0 Å². The number of methoxy groups -OCH3 is 2. The maximum absolute atomic E-state index is 6.39. The topological polar surface area (TPSA) is 62.3 Å². The fourth-order valence-electron chi connectivity index (χ4n) is 2.16. The van der Waals surface area contributed by atoms with Gasteiger partial charge in [-0.15, -0.1) is 0 Å². The maximum atomic E-state index is 6.39. The standard InChI is InChI=1S/C14H18BrN3O2/c1-4-18-14(11(15)8-17-18)13(16)10-6-5-9(19-2)7-12(10)20-3/h5-8,13H,4,16H2,1-3H3. The number of aryl methyl sites for hydroxylation is 1. The van der Waals surface area contributed by atoms with Crippen LogP contribution < -0.4 is 15.2 Å². The molecule has 1 atom stereocenters. The third kappa shape index (κ3) is 2.66. The molecule has 2 rings (SSSR count). The van der Waals surface area contributed by atoms with Crippen LogP contribution in [0.2, 0.25) is 0 Å². The van der Waals surface area contributed by atoms with Crippen LogP contribution in [0.5, 0.6) is 11.5 Å². The van der Waals surface area contributed by atoms with Crippen molar-refractivity contribution in [2.45, 2.75) is 19.5 Å². The number of benzene rings is 1. The zero-order valence-electron chi connectivity index (χ0n) is 11.8. The molecular formula is C14H18BrN3O2. The predicted molar refractivity (Wildman–Crippen MR) is 81.2 cm³/mol.